The van der Waals surface area contributed by atoms with Crippen LogP contribution in [0.25, 0.3) is 0 Å². The normalized spacial score (nSPS) is 12.7. The molecule has 0 radical (unpaired) electrons. The first-order valence-corrected chi connectivity index (χ1v) is 7.67. The van der Waals surface area contributed by atoms with Gasteiger partial charge in [0.2, 0.25) is 0 Å². The van der Waals surface area contributed by atoms with Crippen LogP contribution in [0.2, 0.25) is 0 Å². The molecule has 0 fully saturated rings. The summed E-state index contributed by atoms with van der Waals surface area (Å²) in [6, 6.07) is 6.47. The van der Waals surface area contributed by atoms with Crippen LogP contribution in [0, 0.1) is 13.8 Å². The zero-order valence-corrected chi connectivity index (χ0v) is 14.3. The van der Waals surface area contributed by atoms with E-state index in [1.54, 1.807) is 0 Å². The van der Waals surface area contributed by atoms with Gasteiger partial charge in [-0.05, 0) is 70.3 Å². The van der Waals surface area contributed by atoms with Crippen molar-refractivity contribution in [2.75, 3.05) is 0 Å². The molecule has 102 valence electrons. The predicted octanol–water partition coefficient (Wildman–Crippen LogP) is 4.67. The van der Waals surface area contributed by atoms with Gasteiger partial charge in [0, 0.05) is 27.1 Å². The highest BCUT2D eigenvalue weighted by Crippen LogP contribution is 2.25. The molecule has 1 N–H and O–H groups in total. The maximum Gasteiger partial charge on any atom is 0.138 e. The molecule has 3 nitrogen and oxygen atoms in total. The molecule has 2 aromatic rings. The van der Waals surface area contributed by atoms with Gasteiger partial charge in [-0.25, -0.2) is 0 Å². The van der Waals surface area contributed by atoms with E-state index in [4.69, 9.17) is 4.52 Å². The monoisotopic (exact) mass is 386 g/mol. The Hall–Kier alpha value is -0.650. The number of rotatable bonds is 4. The summed E-state index contributed by atoms with van der Waals surface area (Å²) in [4.78, 5) is 0. The molecule has 1 atom stereocenters. The maximum absolute atomic E-state index is 5.20. The van der Waals surface area contributed by atoms with Gasteiger partial charge in [-0.1, -0.05) is 11.2 Å². The fourth-order valence-corrected chi connectivity index (χ4v) is 2.80. The van der Waals surface area contributed by atoms with E-state index in [2.05, 4.69) is 61.4 Å². The highest BCUT2D eigenvalue weighted by molar-refractivity contribution is 9.13. The van der Waals surface area contributed by atoms with Crippen molar-refractivity contribution in [2.45, 2.75) is 33.4 Å². The molecule has 1 heterocycles. The molecular formula is C14H16Br2N2O. The number of halogens is 2. The summed E-state index contributed by atoms with van der Waals surface area (Å²) in [6.45, 7) is 6.85. The minimum Gasteiger partial charge on any atom is -0.361 e. The van der Waals surface area contributed by atoms with E-state index in [0.717, 1.165) is 32.5 Å². The van der Waals surface area contributed by atoms with Crippen molar-refractivity contribution >= 4 is 31.9 Å². The third kappa shape index (κ3) is 3.46. The van der Waals surface area contributed by atoms with Crippen LogP contribution >= 0.6 is 31.9 Å². The second-order valence-corrected chi connectivity index (χ2v) is 6.30. The summed E-state index contributed by atoms with van der Waals surface area (Å²) < 4.78 is 7.33. The molecule has 0 aliphatic carbocycles. The highest BCUT2D eigenvalue weighted by Gasteiger charge is 2.15. The number of nitrogens with one attached hydrogen (secondary N) is 1. The summed E-state index contributed by atoms with van der Waals surface area (Å²) in [5, 5.41) is 7.48. The molecule has 0 aliphatic heterocycles. The predicted molar refractivity (Wildman–Crippen MR) is 83.1 cm³/mol. The van der Waals surface area contributed by atoms with Crippen molar-refractivity contribution in [3.05, 3.63) is 49.7 Å². The van der Waals surface area contributed by atoms with Crippen LogP contribution in [0.4, 0.5) is 0 Å². The molecule has 0 bridgehead atoms. The first-order chi connectivity index (χ1) is 8.99. The molecule has 2 rings (SSSR count). The molecule has 0 saturated heterocycles. The first kappa shape index (κ1) is 14.8. The molecule has 0 spiro atoms. The van der Waals surface area contributed by atoms with Gasteiger partial charge in [0.1, 0.15) is 5.76 Å². The van der Waals surface area contributed by atoms with Crippen LogP contribution in [0.15, 0.2) is 31.7 Å². The van der Waals surface area contributed by atoms with Crippen molar-refractivity contribution in [3.63, 3.8) is 0 Å². The van der Waals surface area contributed by atoms with E-state index in [9.17, 15) is 0 Å². The molecule has 1 aromatic heterocycles. The number of aryl methyl sites for hydroxylation is 2. The van der Waals surface area contributed by atoms with E-state index in [1.165, 1.54) is 5.56 Å². The van der Waals surface area contributed by atoms with E-state index in [-0.39, 0.29) is 6.04 Å². The number of aromatic nitrogens is 1. The molecule has 19 heavy (non-hydrogen) atoms. The van der Waals surface area contributed by atoms with E-state index in [0.29, 0.717) is 0 Å². The minimum absolute atomic E-state index is 0.216. The van der Waals surface area contributed by atoms with Gasteiger partial charge in [0.15, 0.2) is 0 Å². The molecule has 1 unspecified atom stereocenters. The lowest BCUT2D eigenvalue weighted by Crippen LogP contribution is -2.19. The molecule has 0 aliphatic rings. The number of hydrogen-bond donors (Lipinski definition) is 1. The van der Waals surface area contributed by atoms with Crippen molar-refractivity contribution < 1.29 is 4.52 Å². The standard InChI is InChI=1S/C14H16Br2N2O/c1-8(14-9(2)18-19-10(14)3)17-7-11-4-5-12(15)13(16)6-11/h4-6,8,17H,7H2,1-3H3. The average molecular weight is 388 g/mol. The van der Waals surface area contributed by atoms with Crippen LogP contribution in [0.5, 0.6) is 0 Å². The summed E-state index contributed by atoms with van der Waals surface area (Å²) >= 11 is 6.99. The van der Waals surface area contributed by atoms with Crippen molar-refractivity contribution in [1.82, 2.24) is 10.5 Å². The van der Waals surface area contributed by atoms with Gasteiger partial charge >= 0.3 is 0 Å². The topological polar surface area (TPSA) is 38.1 Å². The van der Waals surface area contributed by atoms with Crippen LogP contribution in [-0.4, -0.2) is 5.16 Å². The third-order valence-corrected chi connectivity index (χ3v) is 5.00. The quantitative estimate of drug-likeness (QED) is 0.828. The smallest absolute Gasteiger partial charge is 0.138 e. The Bertz CT molecular complexity index is 561. The van der Waals surface area contributed by atoms with E-state index in [1.807, 2.05) is 19.9 Å². The molecule has 0 saturated carbocycles. The van der Waals surface area contributed by atoms with Gasteiger partial charge < -0.3 is 9.84 Å². The van der Waals surface area contributed by atoms with Crippen LogP contribution in [-0.2, 0) is 6.54 Å². The number of nitrogens with zero attached hydrogens (tertiary/aromatic N) is 1. The van der Waals surface area contributed by atoms with Gasteiger partial charge in [-0.3, -0.25) is 0 Å². The lowest BCUT2D eigenvalue weighted by atomic mass is 10.1. The van der Waals surface area contributed by atoms with Crippen LogP contribution < -0.4 is 5.32 Å². The minimum atomic E-state index is 0.216. The van der Waals surface area contributed by atoms with E-state index >= 15 is 0 Å². The Morgan fingerprint density at radius 1 is 1.26 bits per heavy atom. The average Bonchev–Trinajstić information content (AvgIpc) is 2.70. The largest absolute Gasteiger partial charge is 0.361 e. The Kier molecular flexibility index (Phi) is 4.81. The lowest BCUT2D eigenvalue weighted by Gasteiger charge is -2.14. The third-order valence-electron chi connectivity index (χ3n) is 3.12. The van der Waals surface area contributed by atoms with Crippen LogP contribution in [0.3, 0.4) is 0 Å². The zero-order valence-electron chi connectivity index (χ0n) is 11.1. The summed E-state index contributed by atoms with van der Waals surface area (Å²) in [5.74, 6) is 0.884. The Morgan fingerprint density at radius 2 is 2.00 bits per heavy atom. The van der Waals surface area contributed by atoms with Gasteiger partial charge in [0.05, 0.1) is 5.69 Å². The molecule has 0 amide bonds. The SMILES string of the molecule is Cc1noc(C)c1C(C)NCc1ccc(Br)c(Br)c1. The fraction of sp³-hybridized carbons (Fsp3) is 0.357. The lowest BCUT2D eigenvalue weighted by molar-refractivity contribution is 0.390. The number of benzene rings is 1. The Labute approximate surface area is 130 Å². The first-order valence-electron chi connectivity index (χ1n) is 6.09. The van der Waals surface area contributed by atoms with E-state index < -0.39 is 0 Å². The number of hydrogen-bond acceptors (Lipinski definition) is 3. The van der Waals surface area contributed by atoms with Gasteiger partial charge in [-0.15, -0.1) is 0 Å². The second-order valence-electron chi connectivity index (χ2n) is 4.59. The summed E-state index contributed by atoms with van der Waals surface area (Å²) in [5.41, 5.74) is 3.33. The molecule has 1 aromatic carbocycles. The van der Waals surface area contributed by atoms with Gasteiger partial charge in [0.25, 0.3) is 0 Å². The summed E-state index contributed by atoms with van der Waals surface area (Å²) in [6.07, 6.45) is 0. The highest BCUT2D eigenvalue weighted by atomic mass is 79.9. The van der Waals surface area contributed by atoms with Crippen molar-refractivity contribution in [2.24, 2.45) is 0 Å². The maximum atomic E-state index is 5.20. The fourth-order valence-electron chi connectivity index (χ4n) is 2.13. The van der Waals surface area contributed by atoms with Crippen LogP contribution in [0.1, 0.15) is 35.5 Å². The summed E-state index contributed by atoms with van der Waals surface area (Å²) in [7, 11) is 0. The van der Waals surface area contributed by atoms with Gasteiger partial charge in [-0.2, -0.15) is 0 Å². The Morgan fingerprint density at radius 3 is 2.58 bits per heavy atom. The van der Waals surface area contributed by atoms with Crippen molar-refractivity contribution in [1.29, 1.82) is 0 Å². The molecular weight excluding hydrogens is 372 g/mol. The Balaban J connectivity index is 2.04. The zero-order chi connectivity index (χ0) is 14.0. The second kappa shape index (κ2) is 6.20. The molecule has 5 heteroatoms. The van der Waals surface area contributed by atoms with Crippen molar-refractivity contribution in [3.8, 4) is 0 Å².